The summed E-state index contributed by atoms with van der Waals surface area (Å²) in [5.41, 5.74) is 1.49. The number of aryl methyl sites for hydroxylation is 1. The molecule has 1 atom stereocenters. The number of rotatable bonds is 3. The van der Waals surface area contributed by atoms with Crippen LogP contribution in [-0.2, 0) is 0 Å². The molecule has 0 spiro atoms. The van der Waals surface area contributed by atoms with Gasteiger partial charge < -0.3 is 4.90 Å². The smallest absolute Gasteiger partial charge is 0.274 e. The lowest BCUT2D eigenvalue weighted by Crippen LogP contribution is -2.41. The van der Waals surface area contributed by atoms with E-state index in [1.54, 1.807) is 35.4 Å². The molecule has 4 rings (SSSR count). The molecule has 1 saturated heterocycles. The van der Waals surface area contributed by atoms with Crippen molar-refractivity contribution in [3.63, 3.8) is 0 Å². The summed E-state index contributed by atoms with van der Waals surface area (Å²) in [6, 6.07) is 3.71. The van der Waals surface area contributed by atoms with E-state index in [1.165, 1.54) is 0 Å². The van der Waals surface area contributed by atoms with Crippen molar-refractivity contribution in [3.05, 3.63) is 54.5 Å². The molecule has 8 heteroatoms. The molecular weight excluding hydrogens is 318 g/mol. The quantitative estimate of drug-likeness (QED) is 0.726. The Morgan fingerprint density at radius 3 is 2.88 bits per heavy atom. The van der Waals surface area contributed by atoms with Gasteiger partial charge >= 0.3 is 0 Å². The fraction of sp³-hybridized carbons (Fsp3) is 0.353. The van der Waals surface area contributed by atoms with Gasteiger partial charge in [-0.05, 0) is 37.5 Å². The van der Waals surface area contributed by atoms with Crippen LogP contribution < -0.4 is 0 Å². The summed E-state index contributed by atoms with van der Waals surface area (Å²) in [5, 5.41) is 12.6. The Bertz CT molecular complexity index is 854. The van der Waals surface area contributed by atoms with Crippen LogP contribution in [0.3, 0.4) is 0 Å². The number of imidazole rings is 1. The zero-order chi connectivity index (χ0) is 17.2. The summed E-state index contributed by atoms with van der Waals surface area (Å²) in [7, 11) is 0. The Balaban J connectivity index is 1.48. The molecule has 3 aromatic rings. The van der Waals surface area contributed by atoms with E-state index in [2.05, 4.69) is 20.3 Å². The van der Waals surface area contributed by atoms with Gasteiger partial charge in [-0.3, -0.25) is 14.0 Å². The summed E-state index contributed by atoms with van der Waals surface area (Å²) < 4.78 is 3.71. The molecule has 0 saturated carbocycles. The monoisotopic (exact) mass is 337 g/mol. The normalized spacial score (nSPS) is 17.6. The van der Waals surface area contributed by atoms with Gasteiger partial charge in [-0.25, -0.2) is 4.98 Å². The average Bonchev–Trinajstić information content (AvgIpc) is 3.33. The number of piperidine rings is 1. The highest BCUT2D eigenvalue weighted by Gasteiger charge is 2.26. The van der Waals surface area contributed by atoms with E-state index >= 15 is 0 Å². The lowest BCUT2D eigenvalue weighted by atomic mass is 10.1. The first-order valence-corrected chi connectivity index (χ1v) is 8.33. The van der Waals surface area contributed by atoms with Crippen LogP contribution in [-0.4, -0.2) is 53.4 Å². The molecule has 4 heterocycles. The van der Waals surface area contributed by atoms with Gasteiger partial charge in [0, 0.05) is 31.7 Å². The van der Waals surface area contributed by atoms with E-state index in [4.69, 9.17) is 0 Å². The molecule has 3 aromatic heterocycles. The minimum Gasteiger partial charge on any atom is -0.335 e. The molecule has 1 aliphatic heterocycles. The molecule has 1 fully saturated rings. The zero-order valence-corrected chi connectivity index (χ0v) is 14.0. The zero-order valence-electron chi connectivity index (χ0n) is 14.0. The van der Waals surface area contributed by atoms with Crippen LogP contribution in [0.4, 0.5) is 0 Å². The maximum absolute atomic E-state index is 12.8. The Morgan fingerprint density at radius 2 is 2.20 bits per heavy atom. The van der Waals surface area contributed by atoms with Gasteiger partial charge in [0.25, 0.3) is 5.91 Å². The van der Waals surface area contributed by atoms with Gasteiger partial charge in [-0.2, -0.15) is 5.10 Å². The summed E-state index contributed by atoms with van der Waals surface area (Å²) >= 11 is 0. The topological polar surface area (TPSA) is 81.7 Å². The predicted octanol–water partition coefficient (Wildman–Crippen LogP) is 1.64. The second-order valence-electron chi connectivity index (χ2n) is 6.29. The van der Waals surface area contributed by atoms with Crippen LogP contribution >= 0.6 is 0 Å². The summed E-state index contributed by atoms with van der Waals surface area (Å²) in [6.45, 7) is 3.40. The Morgan fingerprint density at radius 1 is 1.28 bits per heavy atom. The third-order valence-electron chi connectivity index (χ3n) is 4.43. The number of likely N-dealkylation sites (tertiary alicyclic amines) is 1. The molecule has 0 aliphatic carbocycles. The van der Waals surface area contributed by atoms with Crippen molar-refractivity contribution >= 4 is 5.91 Å². The number of carbonyl (C=O) groups excluding carboxylic acids is 1. The molecule has 8 nitrogen and oxygen atoms in total. The van der Waals surface area contributed by atoms with Crippen LogP contribution in [0, 0.1) is 6.92 Å². The fourth-order valence-electron chi connectivity index (χ4n) is 3.12. The van der Waals surface area contributed by atoms with Gasteiger partial charge in [0.1, 0.15) is 6.33 Å². The minimum atomic E-state index is -0.0849. The number of aromatic nitrogens is 6. The van der Waals surface area contributed by atoms with Crippen LogP contribution in [0.15, 0.2) is 43.2 Å². The number of carbonyl (C=O) groups is 1. The Hall–Kier alpha value is -3.03. The molecule has 0 N–H and O–H groups in total. The highest BCUT2D eigenvalue weighted by Crippen LogP contribution is 2.22. The first-order valence-electron chi connectivity index (χ1n) is 8.33. The molecule has 0 aromatic carbocycles. The second-order valence-corrected chi connectivity index (χ2v) is 6.29. The molecule has 1 unspecified atom stereocenters. The largest absolute Gasteiger partial charge is 0.335 e. The number of nitrogens with zero attached hydrogens (tertiary/aromatic N) is 7. The lowest BCUT2D eigenvalue weighted by Gasteiger charge is -2.32. The minimum absolute atomic E-state index is 0.0849. The van der Waals surface area contributed by atoms with Crippen LogP contribution in [0.25, 0.3) is 5.82 Å². The van der Waals surface area contributed by atoms with Gasteiger partial charge in [0.05, 0.1) is 12.2 Å². The number of hydrogen-bond donors (Lipinski definition) is 0. The van der Waals surface area contributed by atoms with Crippen molar-refractivity contribution < 1.29 is 4.79 Å². The van der Waals surface area contributed by atoms with E-state index in [1.807, 2.05) is 28.9 Å². The fourth-order valence-corrected chi connectivity index (χ4v) is 3.12. The summed E-state index contributed by atoms with van der Waals surface area (Å²) in [6.07, 6.45) is 11.0. The highest BCUT2D eigenvalue weighted by atomic mass is 16.2. The van der Waals surface area contributed by atoms with Crippen molar-refractivity contribution in [2.24, 2.45) is 0 Å². The number of hydrogen-bond acceptors (Lipinski definition) is 5. The molecular formula is C17H19N7O. The summed E-state index contributed by atoms with van der Waals surface area (Å²) in [5.74, 6) is 0.552. The Labute approximate surface area is 145 Å². The molecule has 0 radical (unpaired) electrons. The average molecular weight is 337 g/mol. The number of amides is 1. The van der Waals surface area contributed by atoms with E-state index in [0.29, 0.717) is 18.1 Å². The van der Waals surface area contributed by atoms with Crippen LogP contribution in [0.1, 0.15) is 34.9 Å². The van der Waals surface area contributed by atoms with Crippen LogP contribution in [0.2, 0.25) is 0 Å². The van der Waals surface area contributed by atoms with Gasteiger partial charge in [0.15, 0.2) is 11.5 Å². The SMILES string of the molecule is Cc1cnn(C2CCCN(C(=O)c3ccc(-n4ccnc4)nn3)C2)c1. The van der Waals surface area contributed by atoms with Crippen LogP contribution in [0.5, 0.6) is 0 Å². The molecule has 25 heavy (non-hydrogen) atoms. The standard InChI is InChI=1S/C17H19N7O/c1-13-9-19-24(10-13)14-3-2-7-22(11-14)17(25)15-4-5-16(21-20-15)23-8-6-18-12-23/h4-6,8-10,12,14H,2-3,7,11H2,1H3. The first kappa shape index (κ1) is 15.5. The maximum atomic E-state index is 12.8. The predicted molar refractivity (Wildman–Crippen MR) is 90.3 cm³/mol. The van der Waals surface area contributed by atoms with Crippen molar-refractivity contribution in [1.29, 1.82) is 0 Å². The van der Waals surface area contributed by atoms with E-state index < -0.39 is 0 Å². The maximum Gasteiger partial charge on any atom is 0.274 e. The Kier molecular flexibility index (Phi) is 4.01. The summed E-state index contributed by atoms with van der Waals surface area (Å²) in [4.78, 5) is 18.6. The molecule has 1 aliphatic rings. The third kappa shape index (κ3) is 3.15. The molecule has 0 bridgehead atoms. The van der Waals surface area contributed by atoms with E-state index in [0.717, 1.165) is 24.9 Å². The van der Waals surface area contributed by atoms with E-state index in [9.17, 15) is 4.79 Å². The lowest BCUT2D eigenvalue weighted by molar-refractivity contribution is 0.0666. The van der Waals surface area contributed by atoms with Gasteiger partial charge in [0.2, 0.25) is 0 Å². The molecule has 128 valence electrons. The highest BCUT2D eigenvalue weighted by molar-refractivity contribution is 5.92. The second kappa shape index (κ2) is 6.46. The van der Waals surface area contributed by atoms with Crippen molar-refractivity contribution in [1.82, 2.24) is 34.4 Å². The van der Waals surface area contributed by atoms with Crippen molar-refractivity contribution in [2.75, 3.05) is 13.1 Å². The third-order valence-corrected chi connectivity index (χ3v) is 4.43. The van der Waals surface area contributed by atoms with Crippen molar-refractivity contribution in [2.45, 2.75) is 25.8 Å². The molecule has 1 amide bonds. The van der Waals surface area contributed by atoms with E-state index in [-0.39, 0.29) is 11.9 Å². The van der Waals surface area contributed by atoms with Gasteiger partial charge in [-0.1, -0.05) is 0 Å². The first-order chi connectivity index (χ1) is 12.2. The van der Waals surface area contributed by atoms with Gasteiger partial charge in [-0.15, -0.1) is 10.2 Å². The van der Waals surface area contributed by atoms with Crippen molar-refractivity contribution in [3.8, 4) is 5.82 Å².